The van der Waals surface area contributed by atoms with Gasteiger partial charge in [-0.3, -0.25) is 0 Å². The number of unbranched alkanes of at least 4 members (excludes halogenated alkanes) is 1. The molecule has 0 saturated carbocycles. The molecule has 0 aromatic heterocycles. The van der Waals surface area contributed by atoms with Gasteiger partial charge in [-0.2, -0.15) is 0 Å². The van der Waals surface area contributed by atoms with E-state index in [-0.39, 0.29) is 12.4 Å². The molecule has 2 aromatic rings. The number of methoxy groups -OCH3 is 1. The Morgan fingerprint density at radius 2 is 1.82 bits per heavy atom. The maximum absolute atomic E-state index is 13.8. The largest absolute Gasteiger partial charge is 0.493 e. The molecule has 0 amide bonds. The number of ether oxygens (including phenoxy) is 3. The Labute approximate surface area is 175 Å². The van der Waals surface area contributed by atoms with Gasteiger partial charge in [0.05, 0.1) is 7.11 Å². The van der Waals surface area contributed by atoms with Crippen molar-refractivity contribution in [1.82, 2.24) is 5.32 Å². The van der Waals surface area contributed by atoms with E-state index in [0.29, 0.717) is 23.6 Å². The van der Waals surface area contributed by atoms with Gasteiger partial charge in [0.25, 0.3) is 0 Å². The van der Waals surface area contributed by atoms with E-state index in [9.17, 15) is 4.39 Å². The second-order valence-electron chi connectivity index (χ2n) is 6.47. The maximum Gasteiger partial charge on any atom is 0.162 e. The Morgan fingerprint density at radius 3 is 2.57 bits per heavy atom. The number of hydrogen-bond donors (Lipinski definition) is 1. The van der Waals surface area contributed by atoms with Crippen molar-refractivity contribution >= 4 is 15.9 Å². The number of nitrogens with one attached hydrogen (secondary N) is 1. The second-order valence-corrected chi connectivity index (χ2v) is 7.33. The highest BCUT2D eigenvalue weighted by atomic mass is 79.9. The molecule has 0 aliphatic rings. The summed E-state index contributed by atoms with van der Waals surface area (Å²) in [5.74, 6) is 0.921. The first-order chi connectivity index (χ1) is 13.7. The summed E-state index contributed by atoms with van der Waals surface area (Å²) in [4.78, 5) is 0. The Morgan fingerprint density at radius 1 is 1.04 bits per heavy atom. The molecule has 154 valence electrons. The van der Waals surface area contributed by atoms with Crippen LogP contribution in [0.5, 0.6) is 11.5 Å². The average Bonchev–Trinajstić information content (AvgIpc) is 2.70. The summed E-state index contributed by atoms with van der Waals surface area (Å²) in [5, 5.41) is 3.41. The summed E-state index contributed by atoms with van der Waals surface area (Å²) in [7, 11) is 1.60. The van der Waals surface area contributed by atoms with E-state index in [1.165, 1.54) is 6.07 Å². The lowest BCUT2D eigenvalue weighted by atomic mass is 10.2. The fourth-order valence-corrected chi connectivity index (χ4v) is 3.09. The zero-order valence-electron chi connectivity index (χ0n) is 16.6. The first kappa shape index (κ1) is 22.7. The summed E-state index contributed by atoms with van der Waals surface area (Å²) >= 11 is 3.59. The number of benzene rings is 2. The Hall–Kier alpha value is -1.63. The first-order valence-corrected chi connectivity index (χ1v) is 10.5. The molecule has 1 N–H and O–H groups in total. The van der Waals surface area contributed by atoms with Crippen molar-refractivity contribution in [1.29, 1.82) is 0 Å². The van der Waals surface area contributed by atoms with E-state index in [2.05, 4.69) is 28.2 Å². The fraction of sp³-hybridized carbons (Fsp3) is 0.455. The molecule has 6 heteroatoms. The molecule has 0 saturated heterocycles. The lowest BCUT2D eigenvalue weighted by molar-refractivity contribution is 0.128. The van der Waals surface area contributed by atoms with E-state index < -0.39 is 0 Å². The molecule has 0 aliphatic carbocycles. The van der Waals surface area contributed by atoms with Gasteiger partial charge < -0.3 is 19.5 Å². The summed E-state index contributed by atoms with van der Waals surface area (Å²) in [6.45, 7) is 5.51. The molecule has 0 atom stereocenters. The Balaban J connectivity index is 1.85. The van der Waals surface area contributed by atoms with Crippen LogP contribution in [0.3, 0.4) is 0 Å². The predicted molar refractivity (Wildman–Crippen MR) is 113 cm³/mol. The van der Waals surface area contributed by atoms with E-state index in [4.69, 9.17) is 14.2 Å². The van der Waals surface area contributed by atoms with Crippen molar-refractivity contribution in [2.45, 2.75) is 39.3 Å². The number of hydrogen-bond acceptors (Lipinski definition) is 4. The van der Waals surface area contributed by atoms with Crippen LogP contribution in [0.1, 0.15) is 37.3 Å². The molecule has 0 fully saturated rings. The number of halogens is 2. The molecule has 0 radical (unpaired) electrons. The molecule has 2 aromatic carbocycles. The van der Waals surface area contributed by atoms with Crippen LogP contribution in [0.2, 0.25) is 0 Å². The molecule has 0 heterocycles. The van der Waals surface area contributed by atoms with Gasteiger partial charge in [0.15, 0.2) is 11.5 Å². The summed E-state index contributed by atoms with van der Waals surface area (Å²) in [6.07, 6.45) is 3.25. The minimum atomic E-state index is -0.278. The van der Waals surface area contributed by atoms with Crippen LogP contribution in [0.25, 0.3) is 0 Å². The molecule has 0 aliphatic heterocycles. The van der Waals surface area contributed by atoms with Gasteiger partial charge in [-0.05, 0) is 43.1 Å². The van der Waals surface area contributed by atoms with Gasteiger partial charge in [0.1, 0.15) is 12.4 Å². The zero-order valence-corrected chi connectivity index (χ0v) is 18.2. The van der Waals surface area contributed by atoms with Crippen molar-refractivity contribution in [3.63, 3.8) is 0 Å². The van der Waals surface area contributed by atoms with Crippen LogP contribution >= 0.6 is 15.9 Å². The van der Waals surface area contributed by atoms with Gasteiger partial charge in [-0.25, -0.2) is 4.39 Å². The Kier molecular flexibility index (Phi) is 10.3. The molecule has 4 nitrogen and oxygen atoms in total. The van der Waals surface area contributed by atoms with Crippen LogP contribution in [0, 0.1) is 5.82 Å². The third-order valence-electron chi connectivity index (χ3n) is 4.27. The van der Waals surface area contributed by atoms with Gasteiger partial charge in [0, 0.05) is 29.8 Å². The third-order valence-corrected chi connectivity index (χ3v) is 5.01. The van der Waals surface area contributed by atoms with E-state index in [1.54, 1.807) is 25.3 Å². The predicted octanol–water partition coefficient (Wildman–Crippen LogP) is 5.47. The normalized spacial score (nSPS) is 10.9. The van der Waals surface area contributed by atoms with Crippen LogP contribution in [-0.4, -0.2) is 26.9 Å². The van der Waals surface area contributed by atoms with E-state index in [1.807, 2.05) is 12.1 Å². The summed E-state index contributed by atoms with van der Waals surface area (Å²) in [5.41, 5.74) is 1.58. The summed E-state index contributed by atoms with van der Waals surface area (Å²) < 4.78 is 31.5. The van der Waals surface area contributed by atoms with Crippen LogP contribution < -0.4 is 14.8 Å². The van der Waals surface area contributed by atoms with Crippen molar-refractivity contribution in [2.75, 3.05) is 26.9 Å². The average molecular weight is 454 g/mol. The summed E-state index contributed by atoms with van der Waals surface area (Å²) in [6, 6.07) is 10.4. The van der Waals surface area contributed by atoms with Crippen LogP contribution in [-0.2, 0) is 17.9 Å². The van der Waals surface area contributed by atoms with Crippen molar-refractivity contribution < 1.29 is 18.6 Å². The van der Waals surface area contributed by atoms with Crippen molar-refractivity contribution in [3.8, 4) is 11.5 Å². The monoisotopic (exact) mass is 453 g/mol. The molecule has 28 heavy (non-hydrogen) atoms. The van der Waals surface area contributed by atoms with Gasteiger partial charge >= 0.3 is 0 Å². The third kappa shape index (κ3) is 7.41. The molecule has 2 rings (SSSR count). The zero-order chi connectivity index (χ0) is 20.2. The van der Waals surface area contributed by atoms with Crippen molar-refractivity contribution in [3.05, 3.63) is 57.8 Å². The molecule has 0 unspecified atom stereocenters. The highest BCUT2D eigenvalue weighted by Crippen LogP contribution is 2.34. The molecule has 0 spiro atoms. The highest BCUT2D eigenvalue weighted by molar-refractivity contribution is 9.10. The quantitative estimate of drug-likeness (QED) is 0.408. The minimum Gasteiger partial charge on any atom is -0.493 e. The fourth-order valence-electron chi connectivity index (χ4n) is 2.63. The minimum absolute atomic E-state index is 0.144. The van der Waals surface area contributed by atoms with Gasteiger partial charge in [0.2, 0.25) is 0 Å². The van der Waals surface area contributed by atoms with E-state index in [0.717, 1.165) is 49.1 Å². The molecular weight excluding hydrogens is 425 g/mol. The lowest BCUT2D eigenvalue weighted by Crippen LogP contribution is -2.17. The van der Waals surface area contributed by atoms with Crippen molar-refractivity contribution in [2.24, 2.45) is 0 Å². The lowest BCUT2D eigenvalue weighted by Gasteiger charge is -2.15. The SMILES string of the molecule is CCCCOCCCNCc1cc(OC)c(OCc2ccccc2F)cc1Br. The highest BCUT2D eigenvalue weighted by Gasteiger charge is 2.11. The van der Waals surface area contributed by atoms with Crippen LogP contribution in [0.4, 0.5) is 4.39 Å². The van der Waals surface area contributed by atoms with Gasteiger partial charge in [-0.15, -0.1) is 0 Å². The Bertz CT molecular complexity index is 727. The molecular formula is C22H29BrFNO3. The smallest absolute Gasteiger partial charge is 0.162 e. The maximum atomic E-state index is 13.8. The van der Waals surface area contributed by atoms with E-state index >= 15 is 0 Å². The topological polar surface area (TPSA) is 39.7 Å². The first-order valence-electron chi connectivity index (χ1n) is 9.66. The number of rotatable bonds is 13. The second kappa shape index (κ2) is 12.8. The standard InChI is InChI=1S/C22H29BrFNO3/c1-3-4-11-27-12-7-10-25-15-18-13-21(26-2)22(14-19(18)23)28-16-17-8-5-6-9-20(17)24/h5-6,8-9,13-14,25H,3-4,7,10-12,15-16H2,1-2H3. The molecule has 0 bridgehead atoms. The van der Waals surface area contributed by atoms with Crippen LogP contribution in [0.15, 0.2) is 40.9 Å². The van der Waals surface area contributed by atoms with Gasteiger partial charge in [-0.1, -0.05) is 47.5 Å².